The molecule has 0 amide bonds. The number of nitrogens with one attached hydrogen (secondary N) is 1. The second-order valence-electron chi connectivity index (χ2n) is 4.67. The van der Waals surface area contributed by atoms with Crippen LogP contribution in [0.2, 0.25) is 0 Å². The number of rotatable bonds is 7. The summed E-state index contributed by atoms with van der Waals surface area (Å²) in [7, 11) is -4.61. The third-order valence-corrected chi connectivity index (χ3v) is 4.37. The van der Waals surface area contributed by atoms with E-state index in [1.165, 1.54) is 12.1 Å². The number of carbonyl (C=O) groups excluding carboxylic acids is 1. The zero-order chi connectivity index (χ0) is 18.1. The molecule has 0 radical (unpaired) electrons. The zero-order valence-corrected chi connectivity index (χ0v) is 14.9. The number of alkyl halides is 2. The first kappa shape index (κ1) is 21.5. The van der Waals surface area contributed by atoms with Gasteiger partial charge >= 0.3 is 19.2 Å². The summed E-state index contributed by atoms with van der Waals surface area (Å²) < 4.78 is 49.1. The van der Waals surface area contributed by atoms with Crippen molar-refractivity contribution in [2.75, 3.05) is 6.54 Å². The fourth-order valence-electron chi connectivity index (χ4n) is 1.35. The van der Waals surface area contributed by atoms with Gasteiger partial charge < -0.3 is 9.26 Å². The molecule has 1 atom stereocenters. The number of hydrogen-bond donors (Lipinski definition) is 1. The van der Waals surface area contributed by atoms with E-state index in [2.05, 4.69) is 0 Å². The maximum absolute atomic E-state index is 13.6. The molecule has 0 saturated carbocycles. The maximum Gasteiger partial charge on any atom is 0.385 e. The summed E-state index contributed by atoms with van der Waals surface area (Å²) in [6.07, 6.45) is -0.393. The molecule has 0 fully saturated rings. The first-order valence-electron chi connectivity index (χ1n) is 7.31. The molecule has 0 heterocycles. The molecule has 1 aromatic carbocycles. The van der Waals surface area contributed by atoms with E-state index in [1.807, 2.05) is 18.9 Å². The SMILES string of the molecule is CC.CC(C)OC(=O)CNP(=O)(Oc1ccccc1)C(C)(F)F. The summed E-state index contributed by atoms with van der Waals surface area (Å²) in [5.41, 5.74) is -3.65. The van der Waals surface area contributed by atoms with Crippen LogP contribution >= 0.6 is 7.52 Å². The van der Waals surface area contributed by atoms with Crippen molar-refractivity contribution in [3.05, 3.63) is 30.3 Å². The number of ether oxygens (including phenoxy) is 1. The van der Waals surface area contributed by atoms with E-state index in [1.54, 1.807) is 32.0 Å². The van der Waals surface area contributed by atoms with Crippen molar-refractivity contribution in [1.29, 1.82) is 0 Å². The van der Waals surface area contributed by atoms with Crippen LogP contribution < -0.4 is 9.61 Å². The molecule has 0 spiro atoms. The number of hydrogen-bond acceptors (Lipinski definition) is 4. The molecule has 0 saturated heterocycles. The summed E-state index contributed by atoms with van der Waals surface area (Å²) in [5.74, 6) is -0.766. The van der Waals surface area contributed by atoms with Gasteiger partial charge in [-0.3, -0.25) is 9.36 Å². The molecule has 23 heavy (non-hydrogen) atoms. The molecule has 8 heteroatoms. The molecule has 1 rings (SSSR count). The van der Waals surface area contributed by atoms with E-state index in [9.17, 15) is 18.1 Å². The summed E-state index contributed by atoms with van der Waals surface area (Å²) >= 11 is 0. The van der Waals surface area contributed by atoms with E-state index in [0.717, 1.165) is 0 Å². The van der Waals surface area contributed by atoms with E-state index in [-0.39, 0.29) is 5.75 Å². The Labute approximate surface area is 135 Å². The van der Waals surface area contributed by atoms with Crippen LogP contribution in [0, 0.1) is 0 Å². The Balaban J connectivity index is 0.00000232. The molecule has 0 bridgehead atoms. The monoisotopic (exact) mass is 351 g/mol. The molecule has 0 aliphatic rings. The van der Waals surface area contributed by atoms with E-state index >= 15 is 0 Å². The molecular formula is C15H24F2NO4P. The molecule has 0 aromatic heterocycles. The van der Waals surface area contributed by atoms with E-state index in [0.29, 0.717) is 6.92 Å². The van der Waals surface area contributed by atoms with Crippen LogP contribution in [0.3, 0.4) is 0 Å². The lowest BCUT2D eigenvalue weighted by atomic mass is 10.3. The molecule has 1 N–H and O–H groups in total. The molecular weight excluding hydrogens is 327 g/mol. The highest BCUT2D eigenvalue weighted by Crippen LogP contribution is 2.56. The van der Waals surface area contributed by atoms with Gasteiger partial charge in [0, 0.05) is 6.92 Å². The standard InChI is InChI=1S/C13H18F2NO4P.C2H6/c1-10(2)19-12(17)9-16-21(18,13(3,14)15)20-11-7-5-4-6-8-11;1-2/h4-8,10H,9H2,1-3H3,(H,16,18);1-2H3. The molecule has 1 aromatic rings. The fraction of sp³-hybridized carbons (Fsp3) is 0.533. The van der Waals surface area contributed by atoms with Crippen molar-refractivity contribution in [2.24, 2.45) is 0 Å². The summed E-state index contributed by atoms with van der Waals surface area (Å²) in [6, 6.07) is 7.56. The van der Waals surface area contributed by atoms with Gasteiger partial charge in [-0.2, -0.15) is 8.78 Å². The zero-order valence-electron chi connectivity index (χ0n) is 14.0. The summed E-state index contributed by atoms with van der Waals surface area (Å²) in [6.45, 7) is 7.07. The Morgan fingerprint density at radius 3 is 2.22 bits per heavy atom. The van der Waals surface area contributed by atoms with Gasteiger partial charge in [0.2, 0.25) is 0 Å². The van der Waals surface area contributed by atoms with Gasteiger partial charge in [-0.25, -0.2) is 5.09 Å². The average Bonchev–Trinajstić information content (AvgIpc) is 2.46. The molecule has 1 unspecified atom stereocenters. The lowest BCUT2D eigenvalue weighted by Crippen LogP contribution is -2.32. The van der Waals surface area contributed by atoms with Crippen molar-refractivity contribution >= 4 is 13.5 Å². The van der Waals surface area contributed by atoms with Gasteiger partial charge in [0.25, 0.3) is 0 Å². The lowest BCUT2D eigenvalue weighted by molar-refractivity contribution is -0.145. The number of halogens is 2. The van der Waals surface area contributed by atoms with Crippen LogP contribution in [0.15, 0.2) is 30.3 Å². The van der Waals surface area contributed by atoms with Crippen molar-refractivity contribution in [3.63, 3.8) is 0 Å². The fourth-order valence-corrected chi connectivity index (χ4v) is 2.61. The highest BCUT2D eigenvalue weighted by atomic mass is 31.2. The van der Waals surface area contributed by atoms with Crippen molar-refractivity contribution in [1.82, 2.24) is 5.09 Å². The van der Waals surface area contributed by atoms with Gasteiger partial charge in [-0.1, -0.05) is 32.0 Å². The quantitative estimate of drug-likeness (QED) is 0.581. The number of carbonyl (C=O) groups is 1. The van der Waals surface area contributed by atoms with Gasteiger partial charge in [0.15, 0.2) is 0 Å². The van der Waals surface area contributed by atoms with Crippen LogP contribution in [-0.2, 0) is 14.1 Å². The number of esters is 1. The minimum absolute atomic E-state index is 0.0204. The first-order valence-corrected chi connectivity index (χ1v) is 8.94. The highest BCUT2D eigenvalue weighted by Gasteiger charge is 2.49. The second kappa shape index (κ2) is 9.63. The largest absolute Gasteiger partial charge is 0.462 e. The number of para-hydroxylation sites is 1. The van der Waals surface area contributed by atoms with Crippen LogP contribution in [0.5, 0.6) is 5.75 Å². The van der Waals surface area contributed by atoms with E-state index in [4.69, 9.17) is 9.26 Å². The van der Waals surface area contributed by atoms with Crippen molar-refractivity contribution in [3.8, 4) is 5.75 Å². The average molecular weight is 351 g/mol. The maximum atomic E-state index is 13.6. The Morgan fingerprint density at radius 2 is 1.78 bits per heavy atom. The van der Waals surface area contributed by atoms with Crippen LogP contribution in [-0.4, -0.2) is 24.3 Å². The topological polar surface area (TPSA) is 64.6 Å². The predicted octanol–water partition coefficient (Wildman–Crippen LogP) is 4.44. The molecule has 0 aliphatic carbocycles. The molecule has 132 valence electrons. The predicted molar refractivity (Wildman–Crippen MR) is 85.9 cm³/mol. The minimum atomic E-state index is -4.61. The molecule has 0 aliphatic heterocycles. The van der Waals surface area contributed by atoms with Crippen LogP contribution in [0.4, 0.5) is 8.78 Å². The van der Waals surface area contributed by atoms with E-state index < -0.39 is 31.8 Å². The van der Waals surface area contributed by atoms with Gasteiger partial charge in [0.05, 0.1) is 6.10 Å². The third kappa shape index (κ3) is 7.57. The second-order valence-corrected chi connectivity index (χ2v) is 7.06. The van der Waals surface area contributed by atoms with Crippen LogP contribution in [0.25, 0.3) is 0 Å². The normalized spacial score (nSPS) is 13.6. The van der Waals surface area contributed by atoms with Crippen LogP contribution in [0.1, 0.15) is 34.6 Å². The smallest absolute Gasteiger partial charge is 0.385 e. The Kier molecular flexibility index (Phi) is 9.02. The summed E-state index contributed by atoms with van der Waals surface area (Å²) in [5, 5.41) is 2.00. The minimum Gasteiger partial charge on any atom is -0.462 e. The summed E-state index contributed by atoms with van der Waals surface area (Å²) in [4.78, 5) is 11.4. The highest BCUT2D eigenvalue weighted by molar-refractivity contribution is 7.58. The van der Waals surface area contributed by atoms with Crippen molar-refractivity contribution in [2.45, 2.75) is 46.4 Å². The van der Waals surface area contributed by atoms with Gasteiger partial charge in [0.1, 0.15) is 12.3 Å². The lowest BCUT2D eigenvalue weighted by Gasteiger charge is -2.25. The molecule has 5 nitrogen and oxygen atoms in total. The number of benzene rings is 1. The van der Waals surface area contributed by atoms with Crippen molar-refractivity contribution < 1.29 is 27.4 Å². The Hall–Kier alpha value is -1.46. The van der Waals surface area contributed by atoms with Gasteiger partial charge in [-0.15, -0.1) is 0 Å². The third-order valence-electron chi connectivity index (χ3n) is 2.29. The Morgan fingerprint density at radius 1 is 1.26 bits per heavy atom. The Bertz CT molecular complexity index is 518. The van der Waals surface area contributed by atoms with Gasteiger partial charge in [-0.05, 0) is 26.0 Å². The first-order chi connectivity index (χ1) is 10.6.